The van der Waals surface area contributed by atoms with E-state index in [1.54, 1.807) is 0 Å². The van der Waals surface area contributed by atoms with E-state index in [0.717, 1.165) is 10.7 Å². The standard InChI is InChI=1S/C9H6ClF3N4/c10-5-1-2-7(6(3-5)9(11,12)13)17-4-8(14)15-16-17/h1-4H,14H2. The highest BCUT2D eigenvalue weighted by molar-refractivity contribution is 6.30. The van der Waals surface area contributed by atoms with E-state index in [2.05, 4.69) is 10.3 Å². The summed E-state index contributed by atoms with van der Waals surface area (Å²) in [6.07, 6.45) is -3.33. The molecule has 0 atom stereocenters. The van der Waals surface area contributed by atoms with Gasteiger partial charge in [0, 0.05) is 5.02 Å². The quantitative estimate of drug-likeness (QED) is 0.859. The normalized spacial score (nSPS) is 11.8. The van der Waals surface area contributed by atoms with Gasteiger partial charge in [-0.15, -0.1) is 5.10 Å². The summed E-state index contributed by atoms with van der Waals surface area (Å²) in [5.41, 5.74) is 4.23. The maximum atomic E-state index is 12.8. The molecule has 0 bridgehead atoms. The zero-order chi connectivity index (χ0) is 12.6. The first-order valence-corrected chi connectivity index (χ1v) is 4.80. The van der Waals surface area contributed by atoms with Crippen molar-refractivity contribution in [1.82, 2.24) is 15.0 Å². The van der Waals surface area contributed by atoms with Crippen LogP contribution in [-0.2, 0) is 6.18 Å². The van der Waals surface area contributed by atoms with Crippen molar-refractivity contribution in [2.45, 2.75) is 6.18 Å². The van der Waals surface area contributed by atoms with Gasteiger partial charge in [0.25, 0.3) is 0 Å². The number of anilines is 1. The molecule has 0 aliphatic rings. The van der Waals surface area contributed by atoms with Gasteiger partial charge in [-0.2, -0.15) is 13.2 Å². The van der Waals surface area contributed by atoms with Crippen molar-refractivity contribution in [2.24, 2.45) is 0 Å². The Balaban J connectivity index is 2.61. The van der Waals surface area contributed by atoms with Crippen LogP contribution in [0.5, 0.6) is 0 Å². The first-order chi connectivity index (χ1) is 7.88. The molecule has 0 unspecified atom stereocenters. The number of nitrogens with two attached hydrogens (primary N) is 1. The fourth-order valence-electron chi connectivity index (χ4n) is 1.33. The maximum Gasteiger partial charge on any atom is 0.418 e. The molecule has 8 heteroatoms. The third-order valence-corrected chi connectivity index (χ3v) is 2.26. The molecule has 1 aromatic carbocycles. The van der Waals surface area contributed by atoms with Gasteiger partial charge in [-0.1, -0.05) is 16.8 Å². The second-order valence-electron chi connectivity index (χ2n) is 3.25. The van der Waals surface area contributed by atoms with Crippen molar-refractivity contribution in [3.8, 4) is 5.69 Å². The number of halogens is 4. The van der Waals surface area contributed by atoms with E-state index in [9.17, 15) is 13.2 Å². The van der Waals surface area contributed by atoms with Crippen molar-refractivity contribution in [3.05, 3.63) is 35.0 Å². The van der Waals surface area contributed by atoms with Gasteiger partial charge >= 0.3 is 6.18 Å². The number of nitrogens with zero attached hydrogens (tertiary/aromatic N) is 3. The van der Waals surface area contributed by atoms with Crippen molar-refractivity contribution in [3.63, 3.8) is 0 Å². The summed E-state index contributed by atoms with van der Waals surface area (Å²) in [5.74, 6) is 0.0353. The van der Waals surface area contributed by atoms with Crippen LogP contribution < -0.4 is 5.73 Å². The molecule has 1 heterocycles. The summed E-state index contributed by atoms with van der Waals surface area (Å²) in [5, 5.41) is 6.91. The molecule has 0 fully saturated rings. The number of rotatable bonds is 1. The molecule has 0 saturated heterocycles. The van der Waals surface area contributed by atoms with Crippen LogP contribution in [0.25, 0.3) is 5.69 Å². The SMILES string of the molecule is Nc1cn(-c2ccc(Cl)cc2C(F)(F)F)nn1. The molecule has 2 N–H and O–H groups in total. The van der Waals surface area contributed by atoms with Crippen molar-refractivity contribution in [2.75, 3.05) is 5.73 Å². The molecular formula is C9H6ClF3N4. The smallest absolute Gasteiger partial charge is 0.381 e. The zero-order valence-electron chi connectivity index (χ0n) is 8.24. The molecule has 0 spiro atoms. The van der Waals surface area contributed by atoms with Gasteiger partial charge in [0.1, 0.15) is 0 Å². The molecule has 2 aromatic rings. The minimum atomic E-state index is -4.53. The first-order valence-electron chi connectivity index (χ1n) is 4.43. The Morgan fingerprint density at radius 1 is 1.29 bits per heavy atom. The topological polar surface area (TPSA) is 56.7 Å². The predicted molar refractivity (Wildman–Crippen MR) is 55.8 cm³/mol. The summed E-state index contributed by atoms with van der Waals surface area (Å²) in [4.78, 5) is 0. The Labute approximate surface area is 98.8 Å². The molecule has 1 aromatic heterocycles. The summed E-state index contributed by atoms with van der Waals surface area (Å²) in [7, 11) is 0. The van der Waals surface area contributed by atoms with Crippen molar-refractivity contribution < 1.29 is 13.2 Å². The molecule has 0 aliphatic heterocycles. The Kier molecular flexibility index (Phi) is 2.70. The molecule has 4 nitrogen and oxygen atoms in total. The number of benzene rings is 1. The van der Waals surface area contributed by atoms with E-state index in [-0.39, 0.29) is 16.5 Å². The first kappa shape index (κ1) is 11.7. The lowest BCUT2D eigenvalue weighted by Gasteiger charge is -2.12. The van der Waals surface area contributed by atoms with Crippen LogP contribution in [-0.4, -0.2) is 15.0 Å². The van der Waals surface area contributed by atoms with E-state index < -0.39 is 11.7 Å². The molecule has 0 radical (unpaired) electrons. The second-order valence-corrected chi connectivity index (χ2v) is 3.68. The minimum Gasteiger partial charge on any atom is -0.381 e. The van der Waals surface area contributed by atoms with E-state index in [1.165, 1.54) is 18.3 Å². The average molecular weight is 263 g/mol. The molecule has 0 aliphatic carbocycles. The average Bonchev–Trinajstić information content (AvgIpc) is 2.63. The van der Waals surface area contributed by atoms with Crippen LogP contribution in [0, 0.1) is 0 Å². The zero-order valence-corrected chi connectivity index (χ0v) is 9.00. The Morgan fingerprint density at radius 2 is 2.00 bits per heavy atom. The van der Waals surface area contributed by atoms with Crippen LogP contribution in [0.4, 0.5) is 19.0 Å². The number of hydrogen-bond acceptors (Lipinski definition) is 3. The molecule has 0 amide bonds. The molecule has 2 rings (SSSR count). The lowest BCUT2D eigenvalue weighted by Crippen LogP contribution is -2.11. The summed E-state index contributed by atoms with van der Waals surface area (Å²) in [6.45, 7) is 0. The van der Waals surface area contributed by atoms with E-state index in [1.807, 2.05) is 0 Å². The van der Waals surface area contributed by atoms with E-state index in [4.69, 9.17) is 17.3 Å². The second kappa shape index (κ2) is 3.92. The Bertz CT molecular complexity index is 549. The van der Waals surface area contributed by atoms with Gasteiger partial charge in [-0.25, -0.2) is 4.68 Å². The Hall–Kier alpha value is -1.76. The lowest BCUT2D eigenvalue weighted by molar-refractivity contribution is -0.137. The van der Waals surface area contributed by atoms with Crippen LogP contribution in [0.2, 0.25) is 5.02 Å². The third kappa shape index (κ3) is 2.33. The van der Waals surface area contributed by atoms with E-state index >= 15 is 0 Å². The van der Waals surface area contributed by atoms with Crippen molar-refractivity contribution in [1.29, 1.82) is 0 Å². The molecule has 90 valence electrons. The third-order valence-electron chi connectivity index (χ3n) is 2.02. The van der Waals surface area contributed by atoms with Gasteiger partial charge in [0.2, 0.25) is 0 Å². The van der Waals surface area contributed by atoms with Gasteiger partial charge in [-0.3, -0.25) is 0 Å². The van der Waals surface area contributed by atoms with Gasteiger partial charge < -0.3 is 5.73 Å². The highest BCUT2D eigenvalue weighted by atomic mass is 35.5. The van der Waals surface area contributed by atoms with E-state index in [0.29, 0.717) is 0 Å². The van der Waals surface area contributed by atoms with Crippen LogP contribution in [0.3, 0.4) is 0 Å². The molecule has 0 saturated carbocycles. The molecular weight excluding hydrogens is 257 g/mol. The lowest BCUT2D eigenvalue weighted by atomic mass is 10.1. The number of alkyl halides is 3. The van der Waals surface area contributed by atoms with Crippen LogP contribution in [0.1, 0.15) is 5.56 Å². The predicted octanol–water partition coefficient (Wildman–Crippen LogP) is 2.52. The highest BCUT2D eigenvalue weighted by Gasteiger charge is 2.34. The van der Waals surface area contributed by atoms with Crippen molar-refractivity contribution >= 4 is 17.4 Å². The van der Waals surface area contributed by atoms with Crippen LogP contribution >= 0.6 is 11.6 Å². The fraction of sp³-hybridized carbons (Fsp3) is 0.111. The minimum absolute atomic E-state index is 0.00541. The fourth-order valence-corrected chi connectivity index (χ4v) is 1.50. The summed E-state index contributed by atoms with van der Waals surface area (Å²) >= 11 is 5.55. The van der Waals surface area contributed by atoms with Gasteiger partial charge in [0.05, 0.1) is 17.4 Å². The number of nitrogen functional groups attached to an aromatic ring is 1. The number of aromatic nitrogens is 3. The van der Waals surface area contributed by atoms with Crippen LogP contribution in [0.15, 0.2) is 24.4 Å². The monoisotopic (exact) mass is 262 g/mol. The molecule has 17 heavy (non-hydrogen) atoms. The summed E-state index contributed by atoms with van der Waals surface area (Å²) < 4.78 is 39.3. The largest absolute Gasteiger partial charge is 0.418 e. The maximum absolute atomic E-state index is 12.8. The summed E-state index contributed by atoms with van der Waals surface area (Å²) in [6, 6.07) is 3.37. The number of hydrogen-bond donors (Lipinski definition) is 1. The highest BCUT2D eigenvalue weighted by Crippen LogP contribution is 2.35. The Morgan fingerprint density at radius 3 is 2.53 bits per heavy atom. The van der Waals surface area contributed by atoms with Gasteiger partial charge in [0.15, 0.2) is 5.82 Å². The van der Waals surface area contributed by atoms with Gasteiger partial charge in [-0.05, 0) is 18.2 Å².